The molecule has 0 atom stereocenters. The van der Waals surface area contributed by atoms with E-state index in [0.717, 1.165) is 83.6 Å². The van der Waals surface area contributed by atoms with E-state index in [0.29, 0.717) is 0 Å². The van der Waals surface area contributed by atoms with Gasteiger partial charge in [0.2, 0.25) is 0 Å². The third-order valence-corrected chi connectivity index (χ3v) is 12.2. The highest BCUT2D eigenvalue weighted by Gasteiger charge is 2.18. The lowest BCUT2D eigenvalue weighted by atomic mass is 9.92. The summed E-state index contributed by atoms with van der Waals surface area (Å²) in [5, 5.41) is 7.09. The lowest BCUT2D eigenvalue weighted by molar-refractivity contribution is 1.18. The monoisotopic (exact) mass is 803 g/mol. The van der Waals surface area contributed by atoms with Gasteiger partial charge < -0.3 is 4.57 Å². The Labute approximate surface area is 364 Å². The number of pyridine rings is 4. The first kappa shape index (κ1) is 36.3. The molecule has 0 bridgehead atoms. The van der Waals surface area contributed by atoms with E-state index in [2.05, 4.69) is 190 Å². The third-order valence-electron chi connectivity index (χ3n) is 12.2. The summed E-state index contributed by atoms with van der Waals surface area (Å²) in [5.74, 6) is 0. The van der Waals surface area contributed by atoms with Crippen molar-refractivity contribution in [1.82, 2.24) is 24.5 Å². The molecule has 63 heavy (non-hydrogen) atoms. The third kappa shape index (κ3) is 6.34. The van der Waals surface area contributed by atoms with Crippen LogP contribution < -0.4 is 0 Å². The minimum absolute atomic E-state index is 0.904. The fourth-order valence-electron chi connectivity index (χ4n) is 9.28. The Hall–Kier alpha value is -8.54. The Morgan fingerprint density at radius 2 is 0.714 bits per heavy atom. The Morgan fingerprint density at radius 3 is 1.17 bits per heavy atom. The number of fused-ring (bicyclic) bond motifs is 5. The zero-order valence-corrected chi connectivity index (χ0v) is 34.1. The predicted molar refractivity (Wildman–Crippen MR) is 260 cm³/mol. The van der Waals surface area contributed by atoms with Crippen LogP contribution in [0.5, 0.6) is 0 Å². The lowest BCUT2D eigenvalue weighted by Gasteiger charge is -2.13. The molecule has 0 amide bonds. The summed E-state index contributed by atoms with van der Waals surface area (Å²) in [6, 6.07) is 71.3. The molecular formula is C58H37N5. The Balaban J connectivity index is 1.01. The summed E-state index contributed by atoms with van der Waals surface area (Å²) >= 11 is 0. The standard InChI is InChI=1S/C58H37N5/c1-2-14-42(15-3-1)63-57-30-24-38(43-26-28-49(47-18-6-4-16-45(43)47)55-22-8-20-53(61-55)40-12-10-32-59-36-40)34-51(57)52-35-39(25-31-58(52)63)44-27-29-50(48-19-7-5-17-46(44)48)56-23-9-21-54(62-56)41-13-11-33-60-37-41/h1-37H. The van der Waals surface area contributed by atoms with Crippen LogP contribution >= 0.6 is 0 Å². The number of para-hydroxylation sites is 1. The van der Waals surface area contributed by atoms with E-state index < -0.39 is 0 Å². The summed E-state index contributed by atoms with van der Waals surface area (Å²) < 4.78 is 2.39. The lowest BCUT2D eigenvalue weighted by Crippen LogP contribution is -1.93. The summed E-state index contributed by atoms with van der Waals surface area (Å²) in [5.41, 5.74) is 16.0. The quantitative estimate of drug-likeness (QED) is 0.161. The van der Waals surface area contributed by atoms with Gasteiger partial charge in [-0.3, -0.25) is 9.97 Å². The second-order valence-electron chi connectivity index (χ2n) is 15.8. The minimum atomic E-state index is 0.904. The number of hydrogen-bond donors (Lipinski definition) is 0. The first-order valence-electron chi connectivity index (χ1n) is 21.2. The first-order chi connectivity index (χ1) is 31.2. The summed E-state index contributed by atoms with van der Waals surface area (Å²) in [6.45, 7) is 0. The van der Waals surface area contributed by atoms with Gasteiger partial charge in [0.1, 0.15) is 0 Å². The Kier molecular flexibility index (Phi) is 8.75. The van der Waals surface area contributed by atoms with E-state index in [9.17, 15) is 0 Å². The van der Waals surface area contributed by atoms with Crippen LogP contribution in [0.25, 0.3) is 116 Å². The molecule has 5 heterocycles. The maximum atomic E-state index is 5.11. The molecule has 294 valence electrons. The molecule has 0 N–H and O–H groups in total. The van der Waals surface area contributed by atoms with Gasteiger partial charge in [-0.15, -0.1) is 0 Å². The van der Waals surface area contributed by atoms with Crippen molar-refractivity contribution in [2.75, 3.05) is 0 Å². The number of benzene rings is 7. The fourth-order valence-corrected chi connectivity index (χ4v) is 9.28. The molecule has 7 aromatic carbocycles. The molecule has 0 unspecified atom stereocenters. The van der Waals surface area contributed by atoms with Gasteiger partial charge in [-0.05, 0) is 129 Å². The van der Waals surface area contributed by atoms with Crippen LogP contribution in [0.2, 0.25) is 0 Å². The molecule has 0 spiro atoms. The maximum Gasteiger partial charge on any atom is 0.0725 e. The summed E-state index contributed by atoms with van der Waals surface area (Å²) in [6.07, 6.45) is 7.31. The zero-order chi connectivity index (χ0) is 41.7. The van der Waals surface area contributed by atoms with Crippen LogP contribution in [0, 0.1) is 0 Å². The molecule has 5 nitrogen and oxygen atoms in total. The molecule has 0 aliphatic rings. The Morgan fingerprint density at radius 1 is 0.286 bits per heavy atom. The van der Waals surface area contributed by atoms with Crippen LogP contribution in [0.3, 0.4) is 0 Å². The van der Waals surface area contributed by atoms with E-state index in [4.69, 9.17) is 9.97 Å². The average Bonchev–Trinajstić information content (AvgIpc) is 3.69. The van der Waals surface area contributed by atoms with Crippen molar-refractivity contribution in [3.8, 4) is 73.0 Å². The van der Waals surface area contributed by atoms with Crippen molar-refractivity contribution in [1.29, 1.82) is 0 Å². The van der Waals surface area contributed by atoms with Crippen molar-refractivity contribution < 1.29 is 0 Å². The highest BCUT2D eigenvalue weighted by Crippen LogP contribution is 2.42. The number of nitrogens with zero attached hydrogens (tertiary/aromatic N) is 5. The second-order valence-corrected chi connectivity index (χ2v) is 15.8. The number of aromatic nitrogens is 5. The largest absolute Gasteiger partial charge is 0.309 e. The summed E-state index contributed by atoms with van der Waals surface area (Å²) in [7, 11) is 0. The van der Waals surface area contributed by atoms with Crippen molar-refractivity contribution in [3.05, 3.63) is 225 Å². The molecule has 0 aliphatic heterocycles. The van der Waals surface area contributed by atoms with E-state index in [-0.39, 0.29) is 0 Å². The van der Waals surface area contributed by atoms with Crippen molar-refractivity contribution >= 4 is 43.4 Å². The molecule has 12 rings (SSSR count). The summed E-state index contributed by atoms with van der Waals surface area (Å²) in [4.78, 5) is 18.9. The van der Waals surface area contributed by atoms with Gasteiger partial charge in [0.15, 0.2) is 0 Å². The van der Waals surface area contributed by atoms with Gasteiger partial charge >= 0.3 is 0 Å². The van der Waals surface area contributed by atoms with Gasteiger partial charge in [0, 0.05) is 63.5 Å². The molecule has 0 aliphatic carbocycles. The second kappa shape index (κ2) is 15.2. The molecule has 0 saturated heterocycles. The van der Waals surface area contributed by atoms with Crippen LogP contribution in [0.4, 0.5) is 0 Å². The zero-order valence-electron chi connectivity index (χ0n) is 34.1. The van der Waals surface area contributed by atoms with Gasteiger partial charge in [0.25, 0.3) is 0 Å². The normalized spacial score (nSPS) is 11.5. The van der Waals surface area contributed by atoms with Crippen LogP contribution in [-0.2, 0) is 0 Å². The van der Waals surface area contributed by atoms with Crippen molar-refractivity contribution in [2.45, 2.75) is 0 Å². The van der Waals surface area contributed by atoms with Crippen LogP contribution in [0.1, 0.15) is 0 Å². The van der Waals surface area contributed by atoms with Crippen LogP contribution in [0.15, 0.2) is 225 Å². The molecule has 12 aromatic rings. The van der Waals surface area contributed by atoms with E-state index in [1.165, 1.54) is 32.7 Å². The van der Waals surface area contributed by atoms with Gasteiger partial charge in [-0.25, -0.2) is 9.97 Å². The highest BCUT2D eigenvalue weighted by atomic mass is 15.0. The van der Waals surface area contributed by atoms with Gasteiger partial charge in [-0.2, -0.15) is 0 Å². The van der Waals surface area contributed by atoms with E-state index >= 15 is 0 Å². The molecule has 0 saturated carbocycles. The minimum Gasteiger partial charge on any atom is -0.309 e. The average molecular weight is 804 g/mol. The van der Waals surface area contributed by atoms with Gasteiger partial charge in [0.05, 0.1) is 33.8 Å². The number of rotatable bonds is 7. The number of hydrogen-bond acceptors (Lipinski definition) is 4. The molecule has 5 heteroatoms. The highest BCUT2D eigenvalue weighted by molar-refractivity contribution is 6.14. The molecule has 0 fully saturated rings. The predicted octanol–water partition coefficient (Wildman–Crippen LogP) is 14.7. The van der Waals surface area contributed by atoms with E-state index in [1.54, 1.807) is 12.4 Å². The topological polar surface area (TPSA) is 56.5 Å². The SMILES string of the molecule is c1ccc(-n2c3ccc(-c4ccc(-c5cccc(-c6cccnc6)n5)c5ccccc45)cc3c3cc(-c4ccc(-c5cccc(-c6cccnc6)n5)c5ccccc45)ccc32)cc1. The Bertz CT molecular complexity index is 3450. The van der Waals surface area contributed by atoms with E-state index in [1.807, 2.05) is 36.7 Å². The van der Waals surface area contributed by atoms with Crippen molar-refractivity contribution in [3.63, 3.8) is 0 Å². The van der Waals surface area contributed by atoms with Crippen LogP contribution in [-0.4, -0.2) is 24.5 Å². The first-order valence-corrected chi connectivity index (χ1v) is 21.2. The maximum absolute atomic E-state index is 5.11. The van der Waals surface area contributed by atoms with Gasteiger partial charge in [-0.1, -0.05) is 115 Å². The smallest absolute Gasteiger partial charge is 0.0725 e. The van der Waals surface area contributed by atoms with Crippen molar-refractivity contribution in [2.24, 2.45) is 0 Å². The fraction of sp³-hybridized carbons (Fsp3) is 0. The molecular weight excluding hydrogens is 767 g/mol. The molecule has 0 radical (unpaired) electrons. The molecule has 5 aromatic heterocycles.